The molecule has 1 aromatic heterocycles. The summed E-state index contributed by atoms with van der Waals surface area (Å²) in [6.07, 6.45) is 1.47. The van der Waals surface area contributed by atoms with Crippen molar-refractivity contribution in [3.8, 4) is 23.0 Å². The van der Waals surface area contributed by atoms with Crippen LogP contribution in [0.1, 0.15) is 11.1 Å². The Morgan fingerprint density at radius 1 is 0.724 bits per heavy atom. The minimum absolute atomic E-state index is 0.253. The summed E-state index contributed by atoms with van der Waals surface area (Å²) in [6, 6.07) is 11.6. The molecule has 0 bridgehead atoms. The lowest BCUT2D eigenvalue weighted by Crippen LogP contribution is -2.10. The Labute approximate surface area is 166 Å². The minimum atomic E-state index is 0.253. The molecule has 0 atom stereocenters. The van der Waals surface area contributed by atoms with Crippen LogP contribution in [0.4, 0.5) is 17.3 Å². The maximum atomic E-state index is 6.25. The predicted molar refractivity (Wildman–Crippen MR) is 106 cm³/mol. The molecule has 0 unspecified atom stereocenters. The fourth-order valence-electron chi connectivity index (χ4n) is 3.15. The molecular formula is C20H19N5O4. The van der Waals surface area contributed by atoms with Crippen LogP contribution in [0.2, 0.25) is 0 Å². The van der Waals surface area contributed by atoms with E-state index in [1.807, 2.05) is 36.4 Å². The fourth-order valence-corrected chi connectivity index (χ4v) is 3.15. The first-order valence-electron chi connectivity index (χ1n) is 9.11. The van der Waals surface area contributed by atoms with Gasteiger partial charge in [0.15, 0.2) is 34.6 Å². The zero-order valence-corrected chi connectivity index (χ0v) is 15.5. The zero-order chi connectivity index (χ0) is 19.6. The van der Waals surface area contributed by atoms with Crippen LogP contribution in [-0.2, 0) is 13.1 Å². The van der Waals surface area contributed by atoms with Crippen molar-refractivity contribution in [2.45, 2.75) is 13.1 Å². The predicted octanol–water partition coefficient (Wildman–Crippen LogP) is 2.74. The summed E-state index contributed by atoms with van der Waals surface area (Å²) in [7, 11) is 0. The monoisotopic (exact) mass is 393 g/mol. The number of fused-ring (bicyclic) bond motifs is 2. The molecule has 148 valence electrons. The lowest BCUT2D eigenvalue weighted by atomic mass is 10.2. The third-order valence-electron chi connectivity index (χ3n) is 4.68. The van der Waals surface area contributed by atoms with Gasteiger partial charge in [0, 0.05) is 13.1 Å². The van der Waals surface area contributed by atoms with E-state index in [0.717, 1.165) is 34.1 Å². The second-order valence-electron chi connectivity index (χ2n) is 6.57. The molecule has 0 fully saturated rings. The number of nitrogens with two attached hydrogens (primary N) is 1. The summed E-state index contributed by atoms with van der Waals surface area (Å²) >= 11 is 0. The van der Waals surface area contributed by atoms with Crippen LogP contribution in [0, 0.1) is 0 Å². The summed E-state index contributed by atoms with van der Waals surface area (Å²) in [5.74, 6) is 4.12. The van der Waals surface area contributed by atoms with E-state index in [0.29, 0.717) is 30.4 Å². The number of nitrogens with one attached hydrogen (secondary N) is 2. The van der Waals surface area contributed by atoms with Crippen molar-refractivity contribution in [2.75, 3.05) is 30.0 Å². The van der Waals surface area contributed by atoms with E-state index >= 15 is 0 Å². The summed E-state index contributed by atoms with van der Waals surface area (Å²) in [5, 5.41) is 6.49. The van der Waals surface area contributed by atoms with Crippen LogP contribution in [0.15, 0.2) is 42.7 Å². The number of nitrogen functional groups attached to an aromatic ring is 1. The Kier molecular flexibility index (Phi) is 4.32. The molecule has 3 heterocycles. The van der Waals surface area contributed by atoms with Gasteiger partial charge in [-0.1, -0.05) is 12.1 Å². The molecule has 0 saturated carbocycles. The first-order chi connectivity index (χ1) is 14.3. The maximum absolute atomic E-state index is 6.25. The van der Waals surface area contributed by atoms with Crippen molar-refractivity contribution in [3.63, 3.8) is 0 Å². The molecule has 5 rings (SSSR count). The van der Waals surface area contributed by atoms with Gasteiger partial charge in [0.25, 0.3) is 0 Å². The number of benzene rings is 2. The van der Waals surface area contributed by atoms with Crippen molar-refractivity contribution in [3.05, 3.63) is 53.9 Å². The third kappa shape index (κ3) is 3.49. The van der Waals surface area contributed by atoms with Gasteiger partial charge in [0.05, 0.1) is 0 Å². The topological polar surface area (TPSA) is 113 Å². The van der Waals surface area contributed by atoms with Gasteiger partial charge in [-0.2, -0.15) is 0 Å². The molecule has 4 N–H and O–H groups in total. The number of aromatic nitrogens is 2. The second kappa shape index (κ2) is 7.27. The minimum Gasteiger partial charge on any atom is -0.454 e. The van der Waals surface area contributed by atoms with E-state index in [9.17, 15) is 0 Å². The Morgan fingerprint density at radius 2 is 1.21 bits per heavy atom. The van der Waals surface area contributed by atoms with Crippen LogP contribution in [-0.4, -0.2) is 23.6 Å². The standard InChI is InChI=1S/C20H19N5O4/c21-18-19(22-7-12-1-3-14-16(5-12)28-10-26-14)24-9-25-20(18)23-8-13-2-4-15-17(6-13)29-11-27-15/h1-6,9H,7-8,10-11,21H2,(H2,22,23,24,25). The van der Waals surface area contributed by atoms with E-state index in [1.54, 1.807) is 0 Å². The van der Waals surface area contributed by atoms with Crippen molar-refractivity contribution in [1.29, 1.82) is 0 Å². The van der Waals surface area contributed by atoms with E-state index in [-0.39, 0.29) is 13.6 Å². The van der Waals surface area contributed by atoms with Gasteiger partial charge in [-0.3, -0.25) is 0 Å². The fraction of sp³-hybridized carbons (Fsp3) is 0.200. The Balaban J connectivity index is 1.25. The van der Waals surface area contributed by atoms with Crippen LogP contribution >= 0.6 is 0 Å². The van der Waals surface area contributed by atoms with Crippen LogP contribution in [0.3, 0.4) is 0 Å². The van der Waals surface area contributed by atoms with E-state index in [2.05, 4.69) is 20.6 Å². The second-order valence-corrected chi connectivity index (χ2v) is 6.57. The van der Waals surface area contributed by atoms with Crippen molar-refractivity contribution >= 4 is 17.3 Å². The van der Waals surface area contributed by atoms with Crippen LogP contribution in [0.5, 0.6) is 23.0 Å². The van der Waals surface area contributed by atoms with Crippen molar-refractivity contribution in [2.24, 2.45) is 0 Å². The number of ether oxygens (including phenoxy) is 4. The molecule has 3 aromatic rings. The molecule has 2 aromatic carbocycles. The summed E-state index contributed by atoms with van der Waals surface area (Å²) < 4.78 is 21.5. The third-order valence-corrected chi connectivity index (χ3v) is 4.68. The maximum Gasteiger partial charge on any atom is 0.231 e. The molecule has 29 heavy (non-hydrogen) atoms. The summed E-state index contributed by atoms with van der Waals surface area (Å²) in [5.41, 5.74) is 8.76. The Morgan fingerprint density at radius 3 is 1.72 bits per heavy atom. The van der Waals surface area contributed by atoms with Crippen LogP contribution < -0.4 is 35.3 Å². The molecule has 0 aliphatic carbocycles. The molecule has 0 saturated heterocycles. The first kappa shape index (κ1) is 17.2. The average molecular weight is 393 g/mol. The highest BCUT2D eigenvalue weighted by molar-refractivity contribution is 5.74. The highest BCUT2D eigenvalue weighted by Gasteiger charge is 2.15. The average Bonchev–Trinajstić information content (AvgIpc) is 3.40. The SMILES string of the molecule is Nc1c(NCc2ccc3c(c2)OCO3)ncnc1NCc1ccc2c(c1)OCO2. The largest absolute Gasteiger partial charge is 0.454 e. The molecule has 0 amide bonds. The van der Waals surface area contributed by atoms with E-state index < -0.39 is 0 Å². The number of rotatable bonds is 6. The molecule has 2 aliphatic rings. The van der Waals surface area contributed by atoms with Gasteiger partial charge in [0.1, 0.15) is 12.0 Å². The Bertz CT molecular complexity index is 979. The van der Waals surface area contributed by atoms with E-state index in [4.69, 9.17) is 24.7 Å². The first-order valence-corrected chi connectivity index (χ1v) is 9.11. The highest BCUT2D eigenvalue weighted by atomic mass is 16.7. The van der Waals surface area contributed by atoms with Crippen molar-refractivity contribution < 1.29 is 18.9 Å². The zero-order valence-electron chi connectivity index (χ0n) is 15.5. The van der Waals surface area contributed by atoms with Gasteiger partial charge in [-0.25, -0.2) is 9.97 Å². The van der Waals surface area contributed by atoms with Crippen molar-refractivity contribution in [1.82, 2.24) is 9.97 Å². The number of hydrogen-bond donors (Lipinski definition) is 3. The number of hydrogen-bond acceptors (Lipinski definition) is 9. The molecule has 9 nitrogen and oxygen atoms in total. The van der Waals surface area contributed by atoms with Crippen LogP contribution in [0.25, 0.3) is 0 Å². The lowest BCUT2D eigenvalue weighted by Gasteiger charge is -2.13. The molecule has 0 spiro atoms. The van der Waals surface area contributed by atoms with Gasteiger partial charge in [0.2, 0.25) is 13.6 Å². The van der Waals surface area contributed by atoms with Gasteiger partial charge in [-0.05, 0) is 35.4 Å². The molecule has 0 radical (unpaired) electrons. The molecule has 9 heteroatoms. The summed E-state index contributed by atoms with van der Waals surface area (Å²) in [4.78, 5) is 8.50. The highest BCUT2D eigenvalue weighted by Crippen LogP contribution is 2.34. The smallest absolute Gasteiger partial charge is 0.231 e. The van der Waals surface area contributed by atoms with Gasteiger partial charge >= 0.3 is 0 Å². The molecule has 2 aliphatic heterocycles. The quantitative estimate of drug-likeness (QED) is 0.582. The number of nitrogens with zero attached hydrogens (tertiary/aromatic N) is 2. The lowest BCUT2D eigenvalue weighted by molar-refractivity contribution is 0.173. The van der Waals surface area contributed by atoms with E-state index in [1.165, 1.54) is 6.33 Å². The molecular weight excluding hydrogens is 374 g/mol. The van der Waals surface area contributed by atoms with Gasteiger partial charge in [-0.15, -0.1) is 0 Å². The Hall–Kier alpha value is -3.88. The number of anilines is 3. The normalized spacial score (nSPS) is 13.4. The summed E-state index contributed by atoms with van der Waals surface area (Å²) in [6.45, 7) is 1.59. The van der Waals surface area contributed by atoms with Gasteiger partial charge < -0.3 is 35.3 Å².